The van der Waals surface area contributed by atoms with Crippen molar-refractivity contribution < 1.29 is 4.79 Å². The Bertz CT molecular complexity index is 724. The van der Waals surface area contributed by atoms with Gasteiger partial charge < -0.3 is 10.3 Å². The Labute approximate surface area is 138 Å². The number of aromatic nitrogens is 1. The molecule has 3 rings (SSSR count). The van der Waals surface area contributed by atoms with Gasteiger partial charge in [-0.05, 0) is 57.6 Å². The first-order valence-electron chi connectivity index (χ1n) is 8.62. The van der Waals surface area contributed by atoms with Crippen molar-refractivity contribution in [2.24, 2.45) is 0 Å². The molecule has 1 aliphatic carbocycles. The third-order valence-electron chi connectivity index (χ3n) is 4.95. The van der Waals surface area contributed by atoms with Crippen LogP contribution in [-0.2, 0) is 10.2 Å². The van der Waals surface area contributed by atoms with Crippen LogP contribution in [0.25, 0.3) is 10.9 Å². The molecule has 0 aliphatic heterocycles. The van der Waals surface area contributed by atoms with Crippen LogP contribution in [-0.4, -0.2) is 17.4 Å². The summed E-state index contributed by atoms with van der Waals surface area (Å²) in [5.74, 6) is 0.0960. The van der Waals surface area contributed by atoms with Crippen LogP contribution in [0.15, 0.2) is 42.1 Å². The van der Waals surface area contributed by atoms with Gasteiger partial charge in [0.25, 0.3) is 0 Å². The van der Waals surface area contributed by atoms with E-state index in [2.05, 4.69) is 22.4 Å². The van der Waals surface area contributed by atoms with Crippen molar-refractivity contribution in [1.29, 1.82) is 0 Å². The molecule has 1 amide bonds. The van der Waals surface area contributed by atoms with Crippen LogP contribution in [0.1, 0.15) is 51.5 Å². The molecule has 1 aromatic carbocycles. The zero-order valence-electron chi connectivity index (χ0n) is 14.1. The van der Waals surface area contributed by atoms with Gasteiger partial charge in [-0.25, -0.2) is 0 Å². The predicted octanol–water partition coefficient (Wildman–Crippen LogP) is 4.45. The second-order valence-corrected chi connectivity index (χ2v) is 6.99. The van der Waals surface area contributed by atoms with Gasteiger partial charge in [-0.1, -0.05) is 29.8 Å². The lowest BCUT2D eigenvalue weighted by atomic mass is 9.83. The van der Waals surface area contributed by atoms with E-state index in [1.807, 2.05) is 38.2 Å². The van der Waals surface area contributed by atoms with Crippen LogP contribution >= 0.6 is 0 Å². The van der Waals surface area contributed by atoms with E-state index in [0.717, 1.165) is 29.4 Å². The topological polar surface area (TPSA) is 44.9 Å². The second-order valence-electron chi connectivity index (χ2n) is 6.99. The van der Waals surface area contributed by atoms with Crippen molar-refractivity contribution in [2.75, 3.05) is 6.54 Å². The summed E-state index contributed by atoms with van der Waals surface area (Å²) < 4.78 is 0. The number of carbonyl (C=O) groups excluding carboxylic acids is 1. The standard InChI is InChI=1S/C20H26N2O/c1-20(2,17-14-22-18-11-7-6-10-16(17)18)19(23)21-13-12-15-8-4-3-5-9-15/h6-8,10-11,14,22H,3-5,9,12-13H2,1-2H3,(H,21,23). The molecule has 1 aliphatic rings. The van der Waals surface area contributed by atoms with Crippen LogP contribution < -0.4 is 5.32 Å². The molecule has 2 N–H and O–H groups in total. The van der Waals surface area contributed by atoms with E-state index in [1.54, 1.807) is 0 Å². The number of hydrogen-bond donors (Lipinski definition) is 2. The SMILES string of the molecule is CC(C)(C(=O)NCCC1=CCCCC1)c1c[nH]c2ccccc12. The van der Waals surface area contributed by atoms with Crippen LogP contribution in [0, 0.1) is 0 Å². The zero-order valence-corrected chi connectivity index (χ0v) is 14.1. The molecule has 3 nitrogen and oxygen atoms in total. The summed E-state index contributed by atoms with van der Waals surface area (Å²) in [5, 5.41) is 4.26. The fourth-order valence-electron chi connectivity index (χ4n) is 3.40. The molecular formula is C20H26N2O. The highest BCUT2D eigenvalue weighted by Crippen LogP contribution is 2.30. The van der Waals surface area contributed by atoms with Crippen molar-refractivity contribution >= 4 is 16.8 Å². The van der Waals surface area contributed by atoms with E-state index < -0.39 is 5.41 Å². The number of nitrogens with one attached hydrogen (secondary N) is 2. The lowest BCUT2D eigenvalue weighted by Crippen LogP contribution is -2.40. The minimum atomic E-state index is -0.541. The highest BCUT2D eigenvalue weighted by Gasteiger charge is 2.31. The summed E-state index contributed by atoms with van der Waals surface area (Å²) in [6.07, 6.45) is 10.3. The van der Waals surface area contributed by atoms with E-state index in [-0.39, 0.29) is 5.91 Å². The molecule has 0 fully saturated rings. The first-order valence-corrected chi connectivity index (χ1v) is 8.62. The summed E-state index contributed by atoms with van der Waals surface area (Å²) in [4.78, 5) is 16.0. The van der Waals surface area contributed by atoms with Gasteiger partial charge in [0.2, 0.25) is 5.91 Å². The number of aromatic amines is 1. The van der Waals surface area contributed by atoms with E-state index >= 15 is 0 Å². The van der Waals surface area contributed by atoms with Crippen LogP contribution in [0.2, 0.25) is 0 Å². The minimum absolute atomic E-state index is 0.0960. The number of amides is 1. The number of allylic oxidation sites excluding steroid dienone is 1. The molecule has 0 radical (unpaired) electrons. The maximum atomic E-state index is 12.7. The van der Waals surface area contributed by atoms with Crippen molar-refractivity contribution in [3.63, 3.8) is 0 Å². The highest BCUT2D eigenvalue weighted by molar-refractivity contribution is 5.94. The first kappa shape index (κ1) is 15.9. The molecular weight excluding hydrogens is 284 g/mol. The van der Waals surface area contributed by atoms with Gasteiger partial charge in [-0.2, -0.15) is 0 Å². The van der Waals surface area contributed by atoms with E-state index in [9.17, 15) is 4.79 Å². The molecule has 23 heavy (non-hydrogen) atoms. The van der Waals surface area contributed by atoms with Gasteiger partial charge in [0, 0.05) is 23.6 Å². The Balaban J connectivity index is 1.66. The Kier molecular flexibility index (Phi) is 4.56. The molecule has 0 saturated carbocycles. The van der Waals surface area contributed by atoms with E-state index in [4.69, 9.17) is 0 Å². The molecule has 2 aromatic rings. The first-order chi connectivity index (χ1) is 11.1. The number of benzene rings is 1. The van der Waals surface area contributed by atoms with Gasteiger partial charge in [-0.3, -0.25) is 4.79 Å². The number of rotatable bonds is 5. The van der Waals surface area contributed by atoms with Crippen molar-refractivity contribution in [3.8, 4) is 0 Å². The van der Waals surface area contributed by atoms with E-state index in [1.165, 1.54) is 31.3 Å². The quantitative estimate of drug-likeness (QED) is 0.787. The average molecular weight is 310 g/mol. The lowest BCUT2D eigenvalue weighted by Gasteiger charge is -2.24. The smallest absolute Gasteiger partial charge is 0.230 e. The van der Waals surface area contributed by atoms with Crippen molar-refractivity contribution in [1.82, 2.24) is 10.3 Å². The Morgan fingerprint density at radius 2 is 2.09 bits per heavy atom. The van der Waals surface area contributed by atoms with Gasteiger partial charge in [0.1, 0.15) is 0 Å². The third-order valence-corrected chi connectivity index (χ3v) is 4.95. The fraction of sp³-hybridized carbons (Fsp3) is 0.450. The normalized spacial score (nSPS) is 15.5. The molecule has 0 atom stereocenters. The monoisotopic (exact) mass is 310 g/mol. The fourth-order valence-corrected chi connectivity index (χ4v) is 3.40. The molecule has 122 valence electrons. The van der Waals surface area contributed by atoms with Crippen molar-refractivity contribution in [3.05, 3.63) is 47.7 Å². The maximum Gasteiger partial charge on any atom is 0.230 e. The minimum Gasteiger partial charge on any atom is -0.361 e. The van der Waals surface area contributed by atoms with Crippen LogP contribution in [0.4, 0.5) is 0 Å². The number of H-pyrrole nitrogens is 1. The maximum absolute atomic E-state index is 12.7. The summed E-state index contributed by atoms with van der Waals surface area (Å²) in [6.45, 7) is 4.73. The Morgan fingerprint density at radius 1 is 1.26 bits per heavy atom. The molecule has 0 bridgehead atoms. The molecule has 0 saturated heterocycles. The summed E-state index contributed by atoms with van der Waals surface area (Å²) in [7, 11) is 0. The number of fused-ring (bicyclic) bond motifs is 1. The number of hydrogen-bond acceptors (Lipinski definition) is 1. The highest BCUT2D eigenvalue weighted by atomic mass is 16.2. The van der Waals surface area contributed by atoms with Crippen LogP contribution in [0.3, 0.4) is 0 Å². The lowest BCUT2D eigenvalue weighted by molar-refractivity contribution is -0.125. The molecule has 1 heterocycles. The second kappa shape index (κ2) is 6.61. The number of carbonyl (C=O) groups is 1. The number of para-hydroxylation sites is 1. The predicted molar refractivity (Wildman–Crippen MR) is 95.5 cm³/mol. The third kappa shape index (κ3) is 3.34. The van der Waals surface area contributed by atoms with Gasteiger partial charge in [0.15, 0.2) is 0 Å². The van der Waals surface area contributed by atoms with Crippen molar-refractivity contribution in [2.45, 2.75) is 51.4 Å². The molecule has 1 aromatic heterocycles. The zero-order chi connectivity index (χ0) is 16.3. The van der Waals surface area contributed by atoms with Gasteiger partial charge in [-0.15, -0.1) is 0 Å². The Hall–Kier alpha value is -2.03. The summed E-state index contributed by atoms with van der Waals surface area (Å²) >= 11 is 0. The summed E-state index contributed by atoms with van der Waals surface area (Å²) in [5.41, 5.74) is 3.10. The van der Waals surface area contributed by atoms with Crippen LogP contribution in [0.5, 0.6) is 0 Å². The average Bonchev–Trinajstić information content (AvgIpc) is 3.00. The van der Waals surface area contributed by atoms with Gasteiger partial charge >= 0.3 is 0 Å². The molecule has 3 heteroatoms. The molecule has 0 unspecified atom stereocenters. The Morgan fingerprint density at radius 3 is 2.87 bits per heavy atom. The molecule has 0 spiro atoms. The largest absolute Gasteiger partial charge is 0.361 e. The van der Waals surface area contributed by atoms with E-state index in [0.29, 0.717) is 0 Å². The summed E-state index contributed by atoms with van der Waals surface area (Å²) in [6, 6.07) is 8.14. The van der Waals surface area contributed by atoms with Gasteiger partial charge in [0.05, 0.1) is 5.41 Å².